The minimum Gasteiger partial charge on any atom is -0.480 e. The average Bonchev–Trinajstić information content (AvgIpc) is 2.72. The van der Waals surface area contributed by atoms with Gasteiger partial charge in [0.1, 0.15) is 18.1 Å². The molecule has 0 radical (unpaired) electrons. The van der Waals surface area contributed by atoms with Crippen LogP contribution in [0.2, 0.25) is 0 Å². The highest BCUT2D eigenvalue weighted by molar-refractivity contribution is 5.96. The smallest absolute Gasteiger partial charge is 0.326 e. The second kappa shape index (κ2) is 15.5. The van der Waals surface area contributed by atoms with Crippen LogP contribution < -0.4 is 38.9 Å². The van der Waals surface area contributed by atoms with Crippen molar-refractivity contribution in [3.05, 3.63) is 0 Å². The summed E-state index contributed by atoms with van der Waals surface area (Å²) in [6, 6.07) is -4.66. The normalized spacial score (nSPS) is 14.4. The number of nitrogens with one attached hydrogen (secondary N) is 3. The molecule has 4 amide bonds. The molecule has 0 rings (SSSR count). The lowest BCUT2D eigenvalue weighted by molar-refractivity contribution is -0.142. The molecular formula is C21H40N8O6. The van der Waals surface area contributed by atoms with Gasteiger partial charge in [0, 0.05) is 6.54 Å². The molecule has 0 spiro atoms. The first kappa shape index (κ1) is 31.6. The lowest BCUT2D eigenvalue weighted by atomic mass is 10.00. The van der Waals surface area contributed by atoms with Gasteiger partial charge < -0.3 is 44.0 Å². The van der Waals surface area contributed by atoms with Crippen molar-refractivity contribution in [2.45, 2.75) is 77.5 Å². The summed E-state index contributed by atoms with van der Waals surface area (Å²) in [6.45, 7) is 7.33. The second-order valence-corrected chi connectivity index (χ2v) is 9.04. The highest BCUT2D eigenvalue weighted by Crippen LogP contribution is 2.08. The van der Waals surface area contributed by atoms with Crippen molar-refractivity contribution in [2.75, 3.05) is 6.54 Å². The minimum atomic E-state index is -1.45. The van der Waals surface area contributed by atoms with E-state index in [9.17, 15) is 29.1 Å². The van der Waals surface area contributed by atoms with Crippen LogP contribution in [0, 0.1) is 11.8 Å². The number of hydrogen-bond donors (Lipinski definition) is 8. The van der Waals surface area contributed by atoms with Gasteiger partial charge in [-0.3, -0.25) is 24.2 Å². The predicted octanol–water partition coefficient (Wildman–Crippen LogP) is -2.52. The van der Waals surface area contributed by atoms with Gasteiger partial charge >= 0.3 is 5.97 Å². The van der Waals surface area contributed by atoms with Gasteiger partial charge in [0.2, 0.25) is 23.6 Å². The van der Waals surface area contributed by atoms with Crippen molar-refractivity contribution in [3.8, 4) is 0 Å². The summed E-state index contributed by atoms with van der Waals surface area (Å²) >= 11 is 0. The molecule has 0 aliphatic heterocycles. The number of guanidine groups is 1. The van der Waals surface area contributed by atoms with Crippen molar-refractivity contribution >= 4 is 35.6 Å². The maximum atomic E-state index is 12.9. The highest BCUT2D eigenvalue weighted by atomic mass is 16.4. The van der Waals surface area contributed by atoms with Gasteiger partial charge in [0.15, 0.2) is 5.96 Å². The lowest BCUT2D eigenvalue weighted by Crippen LogP contribution is -2.58. The summed E-state index contributed by atoms with van der Waals surface area (Å²) in [5.74, 6) is -4.73. The van der Waals surface area contributed by atoms with Crippen LogP contribution in [0.1, 0.15) is 53.4 Å². The predicted molar refractivity (Wildman–Crippen MR) is 129 cm³/mol. The molecular weight excluding hydrogens is 460 g/mol. The van der Waals surface area contributed by atoms with Gasteiger partial charge in [0.05, 0.1) is 12.5 Å². The van der Waals surface area contributed by atoms with E-state index in [2.05, 4.69) is 20.9 Å². The van der Waals surface area contributed by atoms with E-state index in [1.807, 2.05) is 13.8 Å². The summed E-state index contributed by atoms with van der Waals surface area (Å²) in [7, 11) is 0. The number of carboxylic acids is 1. The molecule has 0 aliphatic carbocycles. The van der Waals surface area contributed by atoms with E-state index in [0.717, 1.165) is 0 Å². The Hall–Kier alpha value is -3.42. The molecule has 14 heteroatoms. The number of primary amides is 1. The quantitative estimate of drug-likeness (QED) is 0.0631. The second-order valence-electron chi connectivity index (χ2n) is 9.04. The fraction of sp³-hybridized carbons (Fsp3) is 0.714. The van der Waals surface area contributed by atoms with E-state index in [0.29, 0.717) is 0 Å². The van der Waals surface area contributed by atoms with Crippen molar-refractivity contribution in [3.63, 3.8) is 0 Å². The number of rotatable bonds is 16. The first-order valence-corrected chi connectivity index (χ1v) is 11.4. The summed E-state index contributed by atoms with van der Waals surface area (Å²) < 4.78 is 0. The summed E-state index contributed by atoms with van der Waals surface area (Å²) in [4.78, 5) is 64.9. The Bertz CT molecular complexity index is 782. The molecule has 0 aromatic heterocycles. The number of carbonyl (C=O) groups is 5. The zero-order valence-corrected chi connectivity index (χ0v) is 20.7. The van der Waals surface area contributed by atoms with Crippen LogP contribution in [-0.4, -0.2) is 71.4 Å². The molecule has 0 aliphatic rings. The van der Waals surface area contributed by atoms with Crippen LogP contribution in [0.3, 0.4) is 0 Å². The third-order valence-electron chi connectivity index (χ3n) is 4.96. The summed E-state index contributed by atoms with van der Waals surface area (Å²) in [5.41, 5.74) is 21.5. The maximum Gasteiger partial charge on any atom is 0.326 e. The van der Waals surface area contributed by atoms with Gasteiger partial charge in [-0.15, -0.1) is 0 Å². The molecule has 0 heterocycles. The van der Waals surface area contributed by atoms with Gasteiger partial charge in [-0.2, -0.15) is 0 Å². The Morgan fingerprint density at radius 3 is 1.80 bits per heavy atom. The number of hydrogen-bond acceptors (Lipinski definition) is 7. The molecule has 4 unspecified atom stereocenters. The number of carbonyl (C=O) groups excluding carboxylic acids is 4. The van der Waals surface area contributed by atoms with E-state index < -0.39 is 60.2 Å². The van der Waals surface area contributed by atoms with Gasteiger partial charge in [-0.1, -0.05) is 27.7 Å². The number of nitrogens with two attached hydrogens (primary N) is 4. The molecule has 4 atom stereocenters. The van der Waals surface area contributed by atoms with Crippen LogP contribution in [0.15, 0.2) is 4.99 Å². The van der Waals surface area contributed by atoms with Gasteiger partial charge in [-0.05, 0) is 31.1 Å². The number of amides is 4. The Morgan fingerprint density at radius 2 is 1.34 bits per heavy atom. The van der Waals surface area contributed by atoms with E-state index in [4.69, 9.17) is 22.9 Å². The molecule has 35 heavy (non-hydrogen) atoms. The number of aliphatic carboxylic acids is 1. The van der Waals surface area contributed by atoms with Gasteiger partial charge in [-0.25, -0.2) is 4.79 Å². The number of carboxylic acid groups (broad SMARTS) is 1. The third-order valence-corrected chi connectivity index (χ3v) is 4.96. The number of nitrogens with zero attached hydrogens (tertiary/aromatic N) is 1. The molecule has 14 nitrogen and oxygen atoms in total. The Kier molecular flexibility index (Phi) is 14.0. The third kappa shape index (κ3) is 13.2. The average molecular weight is 501 g/mol. The van der Waals surface area contributed by atoms with Gasteiger partial charge in [0.25, 0.3) is 0 Å². The van der Waals surface area contributed by atoms with Crippen LogP contribution in [0.25, 0.3) is 0 Å². The topological polar surface area (TPSA) is 258 Å². The van der Waals surface area contributed by atoms with E-state index in [1.54, 1.807) is 13.8 Å². The first-order valence-electron chi connectivity index (χ1n) is 11.4. The van der Waals surface area contributed by atoms with Crippen LogP contribution in [0.4, 0.5) is 0 Å². The fourth-order valence-electron chi connectivity index (χ4n) is 2.99. The Balaban J connectivity index is 5.49. The summed E-state index contributed by atoms with van der Waals surface area (Å²) in [5, 5.41) is 16.7. The first-order chi connectivity index (χ1) is 16.1. The SMILES string of the molecule is CC(C)CC(NC(=O)C(N)C(C)C)C(=O)NC(CC(N)=O)C(=O)NC(CCCN=C(N)N)C(=O)O. The summed E-state index contributed by atoms with van der Waals surface area (Å²) in [6.07, 6.45) is -0.101. The molecule has 0 aromatic carbocycles. The van der Waals surface area contributed by atoms with E-state index in [1.165, 1.54) is 0 Å². The van der Waals surface area contributed by atoms with E-state index in [-0.39, 0.29) is 43.6 Å². The maximum absolute atomic E-state index is 12.9. The standard InChI is InChI=1S/C21H40N8O6/c1-10(2)8-13(29-19(33)16(23)11(3)4)17(31)28-14(9-15(22)30)18(32)27-12(20(34)35)6-5-7-26-21(24)25/h10-14,16H,5-9,23H2,1-4H3,(H2,22,30)(H,27,32)(H,28,31)(H,29,33)(H,34,35)(H4,24,25,26). The van der Waals surface area contributed by atoms with Crippen molar-refractivity contribution in [1.29, 1.82) is 0 Å². The van der Waals surface area contributed by atoms with Crippen LogP contribution in [0.5, 0.6) is 0 Å². The molecule has 0 saturated carbocycles. The van der Waals surface area contributed by atoms with Crippen LogP contribution >= 0.6 is 0 Å². The monoisotopic (exact) mass is 500 g/mol. The molecule has 12 N–H and O–H groups in total. The Labute approximate surface area is 205 Å². The zero-order valence-electron chi connectivity index (χ0n) is 20.7. The molecule has 0 bridgehead atoms. The largest absolute Gasteiger partial charge is 0.480 e. The fourth-order valence-corrected chi connectivity index (χ4v) is 2.99. The number of aliphatic imine (C=N–C) groups is 1. The zero-order chi connectivity index (χ0) is 27.3. The molecule has 200 valence electrons. The van der Waals surface area contributed by atoms with Crippen molar-refractivity contribution in [2.24, 2.45) is 39.8 Å². The molecule has 0 aromatic rings. The van der Waals surface area contributed by atoms with Crippen molar-refractivity contribution in [1.82, 2.24) is 16.0 Å². The minimum absolute atomic E-state index is 0.00574. The Morgan fingerprint density at radius 1 is 0.829 bits per heavy atom. The van der Waals surface area contributed by atoms with Crippen LogP contribution in [-0.2, 0) is 24.0 Å². The van der Waals surface area contributed by atoms with Crippen molar-refractivity contribution < 1.29 is 29.1 Å². The highest BCUT2D eigenvalue weighted by Gasteiger charge is 2.31. The lowest BCUT2D eigenvalue weighted by Gasteiger charge is -2.26. The van der Waals surface area contributed by atoms with E-state index >= 15 is 0 Å². The molecule has 0 fully saturated rings. The molecule has 0 saturated heterocycles.